The van der Waals surface area contributed by atoms with Crippen molar-refractivity contribution >= 4 is 5.91 Å². The van der Waals surface area contributed by atoms with Crippen LogP contribution in [0.2, 0.25) is 0 Å². The maximum absolute atomic E-state index is 11.7. The van der Waals surface area contributed by atoms with Crippen molar-refractivity contribution in [2.24, 2.45) is 11.1 Å². The van der Waals surface area contributed by atoms with E-state index in [0.29, 0.717) is 6.04 Å². The zero-order chi connectivity index (χ0) is 13.6. The van der Waals surface area contributed by atoms with E-state index in [0.717, 1.165) is 25.6 Å². The fourth-order valence-electron chi connectivity index (χ4n) is 3.98. The third-order valence-electron chi connectivity index (χ3n) is 5.05. The molecule has 0 aromatic rings. The Kier molecular flexibility index (Phi) is 3.34. The highest BCUT2D eigenvalue weighted by atomic mass is 16.1. The van der Waals surface area contributed by atoms with Gasteiger partial charge >= 0.3 is 0 Å². The van der Waals surface area contributed by atoms with Gasteiger partial charge in [-0.3, -0.25) is 14.6 Å². The highest BCUT2D eigenvalue weighted by molar-refractivity contribution is 5.80. The van der Waals surface area contributed by atoms with Crippen molar-refractivity contribution in [1.29, 1.82) is 0 Å². The van der Waals surface area contributed by atoms with Crippen LogP contribution in [-0.4, -0.2) is 53.5 Å². The van der Waals surface area contributed by atoms with Gasteiger partial charge in [0.15, 0.2) is 0 Å². The van der Waals surface area contributed by atoms with Crippen molar-refractivity contribution in [2.75, 3.05) is 19.6 Å². The van der Waals surface area contributed by atoms with Gasteiger partial charge in [-0.15, -0.1) is 0 Å². The van der Waals surface area contributed by atoms with Gasteiger partial charge in [0.2, 0.25) is 5.91 Å². The lowest BCUT2D eigenvalue weighted by Crippen LogP contribution is -2.53. The molecule has 1 amide bonds. The summed E-state index contributed by atoms with van der Waals surface area (Å²) < 4.78 is 0. The molecule has 2 atom stereocenters. The second kappa shape index (κ2) is 4.74. The van der Waals surface area contributed by atoms with E-state index in [2.05, 4.69) is 23.6 Å². The molecule has 3 fully saturated rings. The second-order valence-electron chi connectivity index (χ2n) is 7.48. The molecule has 108 valence electrons. The highest BCUT2D eigenvalue weighted by Crippen LogP contribution is 2.38. The maximum Gasteiger partial charge on any atom is 0.234 e. The quantitative estimate of drug-likeness (QED) is 0.834. The van der Waals surface area contributed by atoms with Gasteiger partial charge in [0.25, 0.3) is 0 Å². The van der Waals surface area contributed by atoms with Crippen molar-refractivity contribution in [3.05, 3.63) is 0 Å². The molecule has 2 aliphatic heterocycles. The Labute approximate surface area is 116 Å². The first kappa shape index (κ1) is 13.4. The van der Waals surface area contributed by atoms with E-state index in [-0.39, 0.29) is 17.4 Å². The van der Waals surface area contributed by atoms with E-state index in [4.69, 9.17) is 5.73 Å². The number of carbonyl (C=O) groups is 1. The number of nitrogens with two attached hydrogens (primary N) is 1. The van der Waals surface area contributed by atoms with Crippen LogP contribution in [0.4, 0.5) is 0 Å². The molecule has 3 rings (SSSR count). The SMILES string of the molecule is CC1(C)CC(C(N)=O)N([C@@H]2CCCN(C3CC3)C2)C1. The summed E-state index contributed by atoms with van der Waals surface area (Å²) in [6.45, 7) is 7.92. The molecule has 2 saturated heterocycles. The van der Waals surface area contributed by atoms with Crippen molar-refractivity contribution in [3.8, 4) is 0 Å². The molecule has 2 N–H and O–H groups in total. The lowest BCUT2D eigenvalue weighted by molar-refractivity contribution is -0.123. The molecule has 1 unspecified atom stereocenters. The Bertz CT molecular complexity index is 364. The monoisotopic (exact) mass is 265 g/mol. The zero-order valence-electron chi connectivity index (χ0n) is 12.3. The van der Waals surface area contributed by atoms with E-state index in [1.54, 1.807) is 0 Å². The molecule has 0 spiro atoms. The number of hydrogen-bond donors (Lipinski definition) is 1. The number of likely N-dealkylation sites (tertiary alicyclic amines) is 2. The van der Waals surface area contributed by atoms with Gasteiger partial charge in [-0.05, 0) is 44.1 Å². The van der Waals surface area contributed by atoms with E-state index < -0.39 is 0 Å². The molecule has 0 aromatic carbocycles. The fraction of sp³-hybridized carbons (Fsp3) is 0.933. The third kappa shape index (κ3) is 2.79. The number of hydrogen-bond acceptors (Lipinski definition) is 3. The molecule has 2 heterocycles. The summed E-state index contributed by atoms with van der Waals surface area (Å²) in [5.74, 6) is -0.130. The van der Waals surface area contributed by atoms with Crippen LogP contribution in [0.15, 0.2) is 0 Å². The van der Waals surface area contributed by atoms with Crippen LogP contribution in [0.25, 0.3) is 0 Å². The third-order valence-corrected chi connectivity index (χ3v) is 5.05. The molecular formula is C15H27N3O. The number of amides is 1. The largest absolute Gasteiger partial charge is 0.368 e. The minimum Gasteiger partial charge on any atom is -0.368 e. The van der Waals surface area contributed by atoms with E-state index in [1.807, 2.05) is 0 Å². The van der Waals surface area contributed by atoms with Crippen LogP contribution in [0.3, 0.4) is 0 Å². The predicted octanol–water partition coefficient (Wildman–Crippen LogP) is 1.20. The van der Waals surface area contributed by atoms with Gasteiger partial charge < -0.3 is 5.73 Å². The summed E-state index contributed by atoms with van der Waals surface area (Å²) >= 11 is 0. The highest BCUT2D eigenvalue weighted by Gasteiger charge is 2.45. The van der Waals surface area contributed by atoms with Crippen LogP contribution in [0, 0.1) is 5.41 Å². The predicted molar refractivity (Wildman–Crippen MR) is 75.7 cm³/mol. The number of nitrogens with zero attached hydrogens (tertiary/aromatic N) is 2. The number of primary amides is 1. The molecule has 19 heavy (non-hydrogen) atoms. The van der Waals surface area contributed by atoms with Crippen LogP contribution in [0.1, 0.15) is 46.0 Å². The van der Waals surface area contributed by atoms with Gasteiger partial charge in [-0.2, -0.15) is 0 Å². The molecular weight excluding hydrogens is 238 g/mol. The first-order valence-electron chi connectivity index (χ1n) is 7.75. The van der Waals surface area contributed by atoms with Crippen molar-refractivity contribution < 1.29 is 4.79 Å². The molecule has 4 heteroatoms. The van der Waals surface area contributed by atoms with Crippen LogP contribution < -0.4 is 5.73 Å². The van der Waals surface area contributed by atoms with Gasteiger partial charge in [-0.25, -0.2) is 0 Å². The Hall–Kier alpha value is -0.610. The number of rotatable bonds is 3. The summed E-state index contributed by atoms with van der Waals surface area (Å²) in [5.41, 5.74) is 5.85. The minimum atomic E-state index is -0.130. The Morgan fingerprint density at radius 3 is 2.58 bits per heavy atom. The average molecular weight is 265 g/mol. The van der Waals surface area contributed by atoms with Gasteiger partial charge in [0, 0.05) is 25.2 Å². The van der Waals surface area contributed by atoms with Crippen molar-refractivity contribution in [3.63, 3.8) is 0 Å². The zero-order valence-corrected chi connectivity index (χ0v) is 12.3. The Balaban J connectivity index is 1.70. The smallest absolute Gasteiger partial charge is 0.234 e. The molecule has 0 bridgehead atoms. The molecule has 4 nitrogen and oxygen atoms in total. The second-order valence-corrected chi connectivity index (χ2v) is 7.48. The standard InChI is InChI=1S/C15H27N3O/c1-15(2)8-13(14(16)19)18(10-15)12-4-3-7-17(9-12)11-5-6-11/h11-13H,3-10H2,1-2H3,(H2,16,19)/t12-,13?/m1/s1. The van der Waals surface area contributed by atoms with Crippen molar-refractivity contribution in [1.82, 2.24) is 9.80 Å². The number of piperidine rings is 1. The number of carbonyl (C=O) groups excluding carboxylic acids is 1. The van der Waals surface area contributed by atoms with Gasteiger partial charge in [0.1, 0.15) is 0 Å². The molecule has 0 radical (unpaired) electrons. The van der Waals surface area contributed by atoms with Crippen LogP contribution in [-0.2, 0) is 4.79 Å². The summed E-state index contributed by atoms with van der Waals surface area (Å²) in [6.07, 6.45) is 6.16. The van der Waals surface area contributed by atoms with Crippen molar-refractivity contribution in [2.45, 2.75) is 64.1 Å². The van der Waals surface area contributed by atoms with E-state index in [1.165, 1.54) is 32.2 Å². The average Bonchev–Trinajstić information content (AvgIpc) is 3.13. The van der Waals surface area contributed by atoms with Gasteiger partial charge in [0.05, 0.1) is 6.04 Å². The first-order valence-corrected chi connectivity index (χ1v) is 7.75. The normalized spacial score (nSPS) is 36.5. The van der Waals surface area contributed by atoms with E-state index in [9.17, 15) is 4.79 Å². The van der Waals surface area contributed by atoms with Gasteiger partial charge in [-0.1, -0.05) is 13.8 Å². The lowest BCUT2D eigenvalue weighted by atomic mass is 9.90. The molecule has 0 aromatic heterocycles. The molecule has 1 saturated carbocycles. The fourth-order valence-corrected chi connectivity index (χ4v) is 3.98. The molecule has 3 aliphatic rings. The first-order chi connectivity index (χ1) is 8.96. The summed E-state index contributed by atoms with van der Waals surface area (Å²) in [6, 6.07) is 1.33. The Morgan fingerprint density at radius 1 is 1.21 bits per heavy atom. The maximum atomic E-state index is 11.7. The summed E-state index contributed by atoms with van der Waals surface area (Å²) in [4.78, 5) is 16.8. The van der Waals surface area contributed by atoms with Crippen LogP contribution >= 0.6 is 0 Å². The minimum absolute atomic E-state index is 0.0425. The van der Waals surface area contributed by atoms with E-state index >= 15 is 0 Å². The topological polar surface area (TPSA) is 49.6 Å². The van der Waals surface area contributed by atoms with Crippen LogP contribution in [0.5, 0.6) is 0 Å². The Morgan fingerprint density at radius 2 is 1.95 bits per heavy atom. The lowest BCUT2D eigenvalue weighted by Gasteiger charge is -2.40. The molecule has 1 aliphatic carbocycles. The summed E-state index contributed by atoms with van der Waals surface area (Å²) in [7, 11) is 0. The summed E-state index contributed by atoms with van der Waals surface area (Å²) in [5, 5.41) is 0.